The molecular formula is C87H113NO16. The summed E-state index contributed by atoms with van der Waals surface area (Å²) in [6, 6.07) is 14.6. The molecule has 2 bridgehead atoms. The molecule has 1 amide bonds. The van der Waals surface area contributed by atoms with Crippen molar-refractivity contribution in [3.63, 3.8) is 0 Å². The Kier molecular flexibility index (Phi) is 34.2. The molecule has 2 aromatic rings. The number of hydrogen-bond donors (Lipinski definition) is 3. The van der Waals surface area contributed by atoms with Gasteiger partial charge in [-0.2, -0.15) is 0 Å². The first kappa shape index (κ1) is 84.2. The van der Waals surface area contributed by atoms with Crippen LogP contribution in [0.1, 0.15) is 207 Å². The minimum atomic E-state index is -2.52. The Hall–Kier alpha value is -8.77. The Labute approximate surface area is 617 Å². The molecule has 11 atom stereocenters. The largest absolute Gasteiger partial charge is 0.461 e. The van der Waals surface area contributed by atoms with Crippen LogP contribution < -0.4 is 5.32 Å². The Morgan fingerprint density at radius 2 is 1.06 bits per heavy atom. The van der Waals surface area contributed by atoms with Crippen LogP contribution in [0.15, 0.2) is 218 Å². The number of benzene rings is 2. The number of rotatable bonds is 38. The van der Waals surface area contributed by atoms with E-state index in [1.165, 1.54) is 26.0 Å². The number of carbonyl (C=O) groups is 7. The highest BCUT2D eigenvalue weighted by molar-refractivity contribution is 6.02. The van der Waals surface area contributed by atoms with E-state index in [2.05, 4.69) is 129 Å². The van der Waals surface area contributed by atoms with Gasteiger partial charge in [-0.3, -0.25) is 19.2 Å². The number of alkyl carbamates (subject to hydrolysis) is 1. The number of Topliss-reactive ketones (excluding diaryl/α,β-unsaturated/α-hetero) is 1. The number of hydrogen-bond acceptors (Lipinski definition) is 16. The molecule has 1 heterocycles. The molecule has 0 aromatic heterocycles. The summed E-state index contributed by atoms with van der Waals surface area (Å²) in [4.78, 5) is 103. The number of allylic oxidation sites excluding steroid dienone is 25. The van der Waals surface area contributed by atoms with Crippen LogP contribution >= 0.6 is 0 Å². The van der Waals surface area contributed by atoms with E-state index in [-0.39, 0.29) is 49.8 Å². The molecule has 0 radical (unpaired) electrons. The zero-order chi connectivity index (χ0) is 75.6. The number of ether oxygens (including phenoxy) is 7. The summed E-state index contributed by atoms with van der Waals surface area (Å²) in [5.41, 5.74) is -9.07. The second-order valence-electron chi connectivity index (χ2n) is 28.5. The molecule has 3 aliphatic carbocycles. The third kappa shape index (κ3) is 24.1. The van der Waals surface area contributed by atoms with Gasteiger partial charge in [0.1, 0.15) is 35.6 Å². The van der Waals surface area contributed by atoms with Gasteiger partial charge in [-0.25, -0.2) is 14.4 Å². The minimum Gasteiger partial charge on any atom is -0.461 e. The molecule has 3 N–H and O–H groups in total. The summed E-state index contributed by atoms with van der Waals surface area (Å²) in [6.07, 6.45) is 50.2. The van der Waals surface area contributed by atoms with Gasteiger partial charge in [0.05, 0.1) is 29.5 Å². The van der Waals surface area contributed by atoms with E-state index in [0.29, 0.717) is 18.4 Å². The summed E-state index contributed by atoms with van der Waals surface area (Å²) in [5, 5.41) is 29.2. The standard InChI is InChI=1S/C87H113NO16/c1-11-13-15-17-19-21-23-25-27-29-31-33-35-37-39-41-43-45-53-59-71(90)100-69-61-70-86(63-98-70,103-65(4)89)77-79(102-80(94)67-57-51-48-52-58-67)87(97)62-68(99-81(95)75(92)74(66-55-49-47-50-56-66)88-82(96)104-83(5,6)7)64(3)73(84(87,8)9)76(78(93)85(69,77)10)101-72(91)60-54-46-44-42-40-38-36-34-32-30-28-26-24-22-20-18-16-14-12-2/h13-16,19-22,25-28,31-34,37-40,43-52,55-58,64,68-70,74-75,77,79,92,97H,11-12,17-18,23-24,29-30,35-36,41-42,53-54,59-63H2,1-10H3,(H,88,96)/b15-13?,16-14?,21-19?,22-20?,27-25?,28-26?,33-31?,34-32?,39-37?,40-38?,45-43?,46-44?,76-73+/t64?,68?,69-,70+,74+,75?,77-,79-,85+,86-,87+/m0/s1. The first-order valence-electron chi connectivity index (χ1n) is 37.1. The van der Waals surface area contributed by atoms with Crippen molar-refractivity contribution in [3.8, 4) is 0 Å². The number of ketones is 1. The van der Waals surface area contributed by atoms with Gasteiger partial charge >= 0.3 is 35.9 Å². The zero-order valence-corrected chi connectivity index (χ0v) is 62.8. The maximum atomic E-state index is 16.9. The van der Waals surface area contributed by atoms with Gasteiger partial charge in [0.2, 0.25) is 5.78 Å². The highest BCUT2D eigenvalue weighted by Crippen LogP contribution is 2.65. The van der Waals surface area contributed by atoms with Gasteiger partial charge in [0.25, 0.3) is 0 Å². The molecule has 3 unspecified atom stereocenters. The number of carbonyl (C=O) groups excluding carboxylic acids is 7. The summed E-state index contributed by atoms with van der Waals surface area (Å²) in [5.74, 6) is -8.92. The van der Waals surface area contributed by atoms with Gasteiger partial charge < -0.3 is 48.7 Å². The van der Waals surface area contributed by atoms with Crippen LogP contribution in [0.3, 0.4) is 0 Å². The predicted octanol–water partition coefficient (Wildman–Crippen LogP) is 17.5. The summed E-state index contributed by atoms with van der Waals surface area (Å²) in [7, 11) is 0. The van der Waals surface area contributed by atoms with Crippen molar-refractivity contribution in [3.05, 3.63) is 229 Å². The van der Waals surface area contributed by atoms with Crippen molar-refractivity contribution in [2.75, 3.05) is 6.61 Å². The summed E-state index contributed by atoms with van der Waals surface area (Å²) >= 11 is 0. The van der Waals surface area contributed by atoms with E-state index in [1.807, 2.05) is 36.5 Å². The number of amides is 1. The molecule has 1 aliphatic heterocycles. The quantitative estimate of drug-likeness (QED) is 0.0322. The molecule has 562 valence electrons. The molecule has 0 spiro atoms. The minimum absolute atomic E-state index is 0.0333. The monoisotopic (exact) mass is 1430 g/mol. The van der Waals surface area contributed by atoms with Crippen LogP contribution in [-0.2, 0) is 57.1 Å². The number of aliphatic hydroxyl groups excluding tert-OH is 1. The lowest BCUT2D eigenvalue weighted by Crippen LogP contribution is -2.81. The second kappa shape index (κ2) is 42.3. The van der Waals surface area contributed by atoms with Crippen LogP contribution in [0.4, 0.5) is 4.79 Å². The van der Waals surface area contributed by atoms with E-state index in [4.69, 9.17) is 33.2 Å². The molecule has 2 saturated carbocycles. The Morgan fingerprint density at radius 1 is 0.615 bits per heavy atom. The lowest BCUT2D eigenvalue weighted by molar-refractivity contribution is -0.346. The van der Waals surface area contributed by atoms with Crippen LogP contribution in [0.2, 0.25) is 0 Å². The van der Waals surface area contributed by atoms with Crippen molar-refractivity contribution >= 4 is 41.7 Å². The number of fused-ring (bicyclic) bond motifs is 5. The molecule has 2 aromatic carbocycles. The topological polar surface area (TPSA) is 237 Å². The van der Waals surface area contributed by atoms with Gasteiger partial charge in [-0.05, 0) is 141 Å². The average molecular weight is 1430 g/mol. The van der Waals surface area contributed by atoms with Crippen LogP contribution in [0, 0.1) is 22.7 Å². The number of nitrogens with one attached hydrogen (secondary N) is 1. The fraction of sp³-hybridized carbons (Fsp3) is 0.483. The van der Waals surface area contributed by atoms with Gasteiger partial charge in [-0.1, -0.05) is 229 Å². The molecule has 1 saturated heterocycles. The maximum Gasteiger partial charge on any atom is 0.408 e. The van der Waals surface area contributed by atoms with E-state index in [0.717, 1.165) is 64.2 Å². The average Bonchev–Trinajstić information content (AvgIpc) is 0.668. The zero-order valence-electron chi connectivity index (χ0n) is 62.8. The van der Waals surface area contributed by atoms with E-state index < -0.39 is 130 Å². The molecular weight excluding hydrogens is 1310 g/mol. The second-order valence-corrected chi connectivity index (χ2v) is 28.5. The van der Waals surface area contributed by atoms with Crippen LogP contribution in [0.25, 0.3) is 0 Å². The van der Waals surface area contributed by atoms with E-state index >= 15 is 9.59 Å². The SMILES string of the molecule is CCC=CCC=CCC=CCC=CCC=CCC=CCCC(=O)O/C1=C2\C(C)C(OC(=O)C(O)[C@H](NC(=O)OC(C)(C)C)c3ccccc3)C[C@@](O)([C@@H](OC(=O)c3ccccc3)[C@@H]3[C@]4(OC(C)=O)CO[C@@H]4C[C@H](OC(=O)CCC=CCC=CCC=CCC=CCC=CCC=CCC)[C@@]3(C)C1=O)C2(C)C. The van der Waals surface area contributed by atoms with Crippen LogP contribution in [0.5, 0.6) is 0 Å². The molecule has 104 heavy (non-hydrogen) atoms. The Bertz CT molecular complexity index is 3550. The van der Waals surface area contributed by atoms with Crippen molar-refractivity contribution in [2.24, 2.45) is 22.7 Å². The first-order chi connectivity index (χ1) is 49.9. The third-order valence-corrected chi connectivity index (χ3v) is 19.3. The van der Waals surface area contributed by atoms with Crippen molar-refractivity contribution < 1.29 is 76.9 Å². The Balaban J connectivity index is 1.35. The number of aliphatic hydroxyl groups is 2. The lowest BCUT2D eigenvalue weighted by Gasteiger charge is -2.67. The summed E-state index contributed by atoms with van der Waals surface area (Å²) < 4.78 is 44.2. The fourth-order valence-corrected chi connectivity index (χ4v) is 13.9. The molecule has 3 fully saturated rings. The molecule has 17 nitrogen and oxygen atoms in total. The molecule has 17 heteroatoms. The highest BCUT2D eigenvalue weighted by Gasteiger charge is 2.79. The molecule has 6 rings (SSSR count). The van der Waals surface area contributed by atoms with Crippen molar-refractivity contribution in [1.82, 2.24) is 5.32 Å². The first-order valence-corrected chi connectivity index (χ1v) is 37.1. The maximum absolute atomic E-state index is 16.9. The number of esters is 5. The van der Waals surface area contributed by atoms with Crippen LogP contribution in [-0.4, -0.2) is 106 Å². The van der Waals surface area contributed by atoms with Gasteiger partial charge in [-0.15, -0.1) is 0 Å². The van der Waals surface area contributed by atoms with E-state index in [1.54, 1.807) is 90.1 Å². The smallest absolute Gasteiger partial charge is 0.408 e. The highest BCUT2D eigenvalue weighted by atomic mass is 16.6. The predicted molar refractivity (Wildman–Crippen MR) is 406 cm³/mol. The third-order valence-electron chi connectivity index (χ3n) is 19.3. The lowest BCUT2D eigenvalue weighted by atomic mass is 9.45. The Morgan fingerprint density at radius 3 is 1.49 bits per heavy atom. The van der Waals surface area contributed by atoms with Crippen molar-refractivity contribution in [1.29, 1.82) is 0 Å². The molecule has 4 aliphatic rings. The van der Waals surface area contributed by atoms with Gasteiger partial charge in [0, 0.05) is 43.9 Å². The van der Waals surface area contributed by atoms with E-state index in [9.17, 15) is 34.2 Å². The normalized spacial score (nSPS) is 25.6. The van der Waals surface area contributed by atoms with Crippen molar-refractivity contribution in [2.45, 2.75) is 238 Å². The summed E-state index contributed by atoms with van der Waals surface area (Å²) in [6.45, 7) is 16.3. The van der Waals surface area contributed by atoms with Gasteiger partial charge in [0.15, 0.2) is 17.5 Å². The fourth-order valence-electron chi connectivity index (χ4n) is 13.9.